The molecule has 0 saturated heterocycles. The predicted octanol–water partition coefficient (Wildman–Crippen LogP) is 4.53. The van der Waals surface area contributed by atoms with Gasteiger partial charge in [-0.2, -0.15) is 4.31 Å². The Bertz CT molecular complexity index is 832. The van der Waals surface area contributed by atoms with E-state index >= 15 is 0 Å². The van der Waals surface area contributed by atoms with Gasteiger partial charge in [0.25, 0.3) is 0 Å². The summed E-state index contributed by atoms with van der Waals surface area (Å²) >= 11 is 11.9. The minimum Gasteiger partial charge on any atom is -0.464 e. The Kier molecular flexibility index (Phi) is 4.49. The lowest BCUT2D eigenvalue weighted by Crippen LogP contribution is -2.26. The lowest BCUT2D eigenvalue weighted by atomic mass is 10.3. The van der Waals surface area contributed by atoms with Gasteiger partial charge in [-0.15, -0.1) is 0 Å². The van der Waals surface area contributed by atoms with Crippen LogP contribution in [0.2, 0.25) is 10.0 Å². The Morgan fingerprint density at radius 2 is 1.96 bits per heavy atom. The van der Waals surface area contributed by atoms with E-state index in [1.807, 2.05) is 12.1 Å². The number of halogens is 2. The second-order valence-corrected chi connectivity index (χ2v) is 8.82. The van der Waals surface area contributed by atoms with Crippen LogP contribution in [0.25, 0.3) is 0 Å². The number of benzene rings is 1. The molecule has 1 saturated carbocycles. The van der Waals surface area contributed by atoms with E-state index in [2.05, 4.69) is 6.92 Å². The Morgan fingerprint density at radius 1 is 1.26 bits per heavy atom. The monoisotopic (exact) mass is 373 g/mol. The molecule has 0 radical (unpaired) electrons. The van der Waals surface area contributed by atoms with E-state index in [-0.39, 0.29) is 16.5 Å². The quantitative estimate of drug-likeness (QED) is 0.773. The van der Waals surface area contributed by atoms with Gasteiger partial charge in [-0.3, -0.25) is 0 Å². The van der Waals surface area contributed by atoms with E-state index in [0.29, 0.717) is 22.6 Å². The van der Waals surface area contributed by atoms with Crippen LogP contribution in [0.1, 0.15) is 30.8 Å². The fourth-order valence-electron chi connectivity index (χ4n) is 2.54. The van der Waals surface area contributed by atoms with Gasteiger partial charge >= 0.3 is 0 Å². The highest BCUT2D eigenvalue weighted by Crippen LogP contribution is 2.47. The highest BCUT2D eigenvalue weighted by molar-refractivity contribution is 7.89. The van der Waals surface area contributed by atoms with E-state index in [0.717, 1.165) is 12.2 Å². The van der Waals surface area contributed by atoms with E-state index < -0.39 is 10.0 Å². The molecule has 0 spiro atoms. The Morgan fingerprint density at radius 3 is 2.61 bits per heavy atom. The SMILES string of the molecule is C[C@H]1C[C@@H]1c1ccc(CN(C)S(=O)(=O)c2cc(Cl)ccc2Cl)o1. The topological polar surface area (TPSA) is 50.5 Å². The number of rotatable bonds is 5. The molecule has 124 valence electrons. The summed E-state index contributed by atoms with van der Waals surface area (Å²) < 4.78 is 32.3. The highest BCUT2D eigenvalue weighted by Gasteiger charge is 2.36. The molecule has 0 aliphatic heterocycles. The van der Waals surface area contributed by atoms with E-state index in [1.165, 1.54) is 23.5 Å². The maximum Gasteiger partial charge on any atom is 0.244 e. The van der Waals surface area contributed by atoms with Gasteiger partial charge in [-0.1, -0.05) is 30.1 Å². The fourth-order valence-corrected chi connectivity index (χ4v) is 4.41. The molecule has 0 unspecified atom stereocenters. The summed E-state index contributed by atoms with van der Waals surface area (Å²) in [4.78, 5) is -0.00300. The largest absolute Gasteiger partial charge is 0.464 e. The molecule has 1 heterocycles. The lowest BCUT2D eigenvalue weighted by Gasteiger charge is -2.17. The first-order chi connectivity index (χ1) is 10.8. The summed E-state index contributed by atoms with van der Waals surface area (Å²) in [5.74, 6) is 2.65. The molecule has 23 heavy (non-hydrogen) atoms. The second-order valence-electron chi connectivity index (χ2n) is 5.96. The molecule has 2 aromatic rings. The summed E-state index contributed by atoms with van der Waals surface area (Å²) in [7, 11) is -2.24. The fraction of sp³-hybridized carbons (Fsp3) is 0.375. The van der Waals surface area contributed by atoms with Crippen LogP contribution in [0.15, 0.2) is 39.6 Å². The van der Waals surface area contributed by atoms with E-state index in [4.69, 9.17) is 27.6 Å². The molecule has 7 heteroatoms. The number of nitrogens with zero attached hydrogens (tertiary/aromatic N) is 1. The van der Waals surface area contributed by atoms with Crippen molar-refractivity contribution in [3.05, 3.63) is 51.9 Å². The van der Waals surface area contributed by atoms with Crippen LogP contribution in [0.3, 0.4) is 0 Å². The average Bonchev–Trinajstić information content (AvgIpc) is 3.04. The lowest BCUT2D eigenvalue weighted by molar-refractivity contribution is 0.390. The zero-order valence-corrected chi connectivity index (χ0v) is 15.1. The molecule has 1 aliphatic rings. The predicted molar refractivity (Wildman–Crippen MR) is 90.3 cm³/mol. The van der Waals surface area contributed by atoms with Crippen molar-refractivity contribution in [3.8, 4) is 0 Å². The minimum absolute atomic E-state index is 0.00300. The molecular weight excluding hydrogens is 357 g/mol. The molecule has 0 bridgehead atoms. The number of hydrogen-bond acceptors (Lipinski definition) is 3. The molecule has 0 amide bonds. The maximum atomic E-state index is 12.7. The molecular formula is C16H17Cl2NO3S. The Labute approximate surface area is 146 Å². The number of hydrogen-bond donors (Lipinski definition) is 0. The first kappa shape index (κ1) is 16.8. The van der Waals surface area contributed by atoms with Crippen molar-refractivity contribution < 1.29 is 12.8 Å². The molecule has 1 fully saturated rings. The van der Waals surface area contributed by atoms with Gasteiger partial charge in [0.15, 0.2) is 0 Å². The minimum atomic E-state index is -3.74. The zero-order chi connectivity index (χ0) is 16.8. The van der Waals surface area contributed by atoms with Crippen LogP contribution in [-0.2, 0) is 16.6 Å². The molecule has 1 aromatic carbocycles. The summed E-state index contributed by atoms with van der Waals surface area (Å²) in [5.41, 5.74) is 0. The van der Waals surface area contributed by atoms with E-state index in [1.54, 1.807) is 6.07 Å². The van der Waals surface area contributed by atoms with Gasteiger partial charge in [0.2, 0.25) is 10.0 Å². The van der Waals surface area contributed by atoms with Crippen LogP contribution in [0, 0.1) is 5.92 Å². The summed E-state index contributed by atoms with van der Waals surface area (Å²) in [6.45, 7) is 2.32. The van der Waals surface area contributed by atoms with Crippen molar-refractivity contribution in [2.24, 2.45) is 5.92 Å². The average molecular weight is 374 g/mol. The number of furan rings is 1. The standard InChI is InChI=1S/C16H17Cl2NO3S/c1-10-7-13(10)15-6-4-12(22-15)9-19(2)23(20,21)16-8-11(17)3-5-14(16)18/h3-6,8,10,13H,7,9H2,1-2H3/t10-,13-/m0/s1. The molecule has 4 nitrogen and oxygen atoms in total. The van der Waals surface area contributed by atoms with Crippen molar-refractivity contribution in [2.75, 3.05) is 7.05 Å². The third-order valence-electron chi connectivity index (χ3n) is 4.12. The van der Waals surface area contributed by atoms with Gasteiger partial charge in [0, 0.05) is 18.0 Å². The van der Waals surface area contributed by atoms with Crippen molar-refractivity contribution >= 4 is 33.2 Å². The van der Waals surface area contributed by atoms with Crippen molar-refractivity contribution in [1.29, 1.82) is 0 Å². The summed E-state index contributed by atoms with van der Waals surface area (Å²) in [6, 6.07) is 8.14. The number of sulfonamides is 1. The van der Waals surface area contributed by atoms with Crippen LogP contribution in [0.4, 0.5) is 0 Å². The van der Waals surface area contributed by atoms with Crippen molar-refractivity contribution in [2.45, 2.75) is 30.7 Å². The Balaban J connectivity index is 1.80. The zero-order valence-electron chi connectivity index (χ0n) is 12.8. The molecule has 1 aliphatic carbocycles. The smallest absolute Gasteiger partial charge is 0.244 e. The van der Waals surface area contributed by atoms with Crippen LogP contribution in [-0.4, -0.2) is 19.8 Å². The van der Waals surface area contributed by atoms with Crippen molar-refractivity contribution in [1.82, 2.24) is 4.31 Å². The van der Waals surface area contributed by atoms with Gasteiger partial charge in [-0.05, 0) is 42.7 Å². The van der Waals surface area contributed by atoms with Gasteiger partial charge in [0.1, 0.15) is 16.4 Å². The Hall–Kier alpha value is -1.01. The van der Waals surface area contributed by atoms with Crippen LogP contribution < -0.4 is 0 Å². The summed E-state index contributed by atoms with van der Waals surface area (Å²) in [6.07, 6.45) is 1.12. The van der Waals surface area contributed by atoms with Crippen LogP contribution >= 0.6 is 23.2 Å². The van der Waals surface area contributed by atoms with Gasteiger partial charge < -0.3 is 4.42 Å². The van der Waals surface area contributed by atoms with E-state index in [9.17, 15) is 8.42 Å². The summed E-state index contributed by atoms with van der Waals surface area (Å²) in [5, 5.41) is 0.470. The molecule has 0 N–H and O–H groups in total. The first-order valence-electron chi connectivity index (χ1n) is 7.29. The molecule has 3 rings (SSSR count). The second kappa shape index (κ2) is 6.13. The normalized spacial score (nSPS) is 20.9. The first-order valence-corrected chi connectivity index (χ1v) is 9.48. The van der Waals surface area contributed by atoms with Gasteiger partial charge in [-0.25, -0.2) is 8.42 Å². The molecule has 2 atom stereocenters. The van der Waals surface area contributed by atoms with Crippen molar-refractivity contribution in [3.63, 3.8) is 0 Å². The third kappa shape index (κ3) is 3.43. The highest BCUT2D eigenvalue weighted by atomic mass is 35.5. The third-order valence-corrected chi connectivity index (χ3v) is 6.64. The molecule has 1 aromatic heterocycles. The van der Waals surface area contributed by atoms with Gasteiger partial charge in [0.05, 0.1) is 11.6 Å². The maximum absolute atomic E-state index is 12.7. The van der Waals surface area contributed by atoms with Crippen LogP contribution in [0.5, 0.6) is 0 Å².